The van der Waals surface area contributed by atoms with E-state index in [4.69, 9.17) is 9.40 Å². The maximum Gasteiger partial charge on any atom is 0.263 e. The molecule has 0 saturated carbocycles. The van der Waals surface area contributed by atoms with Crippen molar-refractivity contribution in [2.24, 2.45) is 0 Å². The molecule has 0 aliphatic rings. The highest BCUT2D eigenvalue weighted by molar-refractivity contribution is 7.98. The monoisotopic (exact) mass is 464 g/mol. The Morgan fingerprint density at radius 1 is 1.13 bits per heavy atom. The van der Waals surface area contributed by atoms with Gasteiger partial charge in [-0.3, -0.25) is 9.36 Å². The molecule has 0 amide bonds. The van der Waals surface area contributed by atoms with E-state index in [9.17, 15) is 4.79 Å². The second-order valence-corrected chi connectivity index (χ2v) is 9.31. The molecule has 4 aromatic heterocycles. The summed E-state index contributed by atoms with van der Waals surface area (Å²) in [4.78, 5) is 19.9. The zero-order valence-electron chi connectivity index (χ0n) is 16.2. The Morgan fingerprint density at radius 3 is 2.77 bits per heavy atom. The zero-order valence-corrected chi connectivity index (χ0v) is 18.7. The summed E-state index contributed by atoms with van der Waals surface area (Å²) < 4.78 is 7.44. The van der Waals surface area contributed by atoms with E-state index >= 15 is 0 Å². The van der Waals surface area contributed by atoms with Crippen LogP contribution in [0.15, 0.2) is 80.2 Å². The molecule has 5 rings (SSSR count). The van der Waals surface area contributed by atoms with E-state index in [2.05, 4.69) is 16.8 Å². The van der Waals surface area contributed by atoms with Gasteiger partial charge in [0.15, 0.2) is 5.16 Å². The predicted molar refractivity (Wildman–Crippen MR) is 127 cm³/mol. The molecule has 0 spiro atoms. The second kappa shape index (κ2) is 8.62. The van der Waals surface area contributed by atoms with Crippen LogP contribution in [0.3, 0.4) is 0 Å². The molecular weight excluding hydrogens is 448 g/mol. The largest absolute Gasteiger partial charge is 0.420 e. The molecule has 0 N–H and O–H groups in total. The van der Waals surface area contributed by atoms with Crippen LogP contribution in [0.2, 0.25) is 0 Å². The van der Waals surface area contributed by atoms with E-state index in [0.717, 1.165) is 20.8 Å². The van der Waals surface area contributed by atoms with Crippen LogP contribution in [0.4, 0.5) is 0 Å². The molecule has 0 bridgehead atoms. The van der Waals surface area contributed by atoms with Crippen LogP contribution in [-0.4, -0.2) is 19.7 Å². The smallest absolute Gasteiger partial charge is 0.263 e. The van der Waals surface area contributed by atoms with Gasteiger partial charge in [0.25, 0.3) is 5.56 Å². The van der Waals surface area contributed by atoms with Crippen molar-refractivity contribution in [1.29, 1.82) is 0 Å². The molecule has 0 atom stereocenters. The van der Waals surface area contributed by atoms with Gasteiger partial charge in [0, 0.05) is 27.9 Å². The minimum absolute atomic E-state index is 0.0625. The lowest BCUT2D eigenvalue weighted by molar-refractivity contribution is 0.528. The third kappa shape index (κ3) is 3.87. The Morgan fingerprint density at radius 2 is 2.00 bits per heavy atom. The maximum atomic E-state index is 13.3. The van der Waals surface area contributed by atoms with Crippen molar-refractivity contribution in [1.82, 2.24) is 19.7 Å². The number of hydrogen-bond donors (Lipinski definition) is 0. The number of aromatic nitrogens is 4. The summed E-state index contributed by atoms with van der Waals surface area (Å²) >= 11 is 4.50. The van der Waals surface area contributed by atoms with Gasteiger partial charge in [0.1, 0.15) is 4.83 Å². The van der Waals surface area contributed by atoms with Crippen molar-refractivity contribution in [3.8, 4) is 21.9 Å². The van der Waals surface area contributed by atoms with Crippen molar-refractivity contribution >= 4 is 44.7 Å². The average Bonchev–Trinajstić information content (AvgIpc) is 3.55. The Hall–Kier alpha value is -3.01. The Balaban J connectivity index is 1.47. The van der Waals surface area contributed by atoms with E-state index in [-0.39, 0.29) is 5.56 Å². The van der Waals surface area contributed by atoms with Gasteiger partial charge in [-0.2, -0.15) is 0 Å². The summed E-state index contributed by atoms with van der Waals surface area (Å²) in [5, 5.41) is 13.5. The number of allylic oxidation sites excluding steroid dienone is 1. The fourth-order valence-corrected chi connectivity index (χ4v) is 5.80. The second-order valence-electron chi connectivity index (χ2n) is 6.56. The number of nitrogens with zero attached hydrogens (tertiary/aromatic N) is 4. The Kier molecular flexibility index (Phi) is 5.54. The van der Waals surface area contributed by atoms with Crippen molar-refractivity contribution in [3.63, 3.8) is 0 Å². The van der Waals surface area contributed by atoms with Gasteiger partial charge in [0.05, 0.1) is 11.1 Å². The number of benzene rings is 1. The van der Waals surface area contributed by atoms with Crippen LogP contribution in [0.5, 0.6) is 0 Å². The van der Waals surface area contributed by atoms with E-state index in [1.54, 1.807) is 22.0 Å². The van der Waals surface area contributed by atoms with E-state index in [1.165, 1.54) is 23.1 Å². The molecule has 154 valence electrons. The minimum Gasteiger partial charge on any atom is -0.420 e. The molecular formula is C22H16N4O2S3. The lowest BCUT2D eigenvalue weighted by Crippen LogP contribution is -2.22. The SMILES string of the molecule is C=CCn1c(SCc2nnc(-c3ccccc3)o2)nc2scc(-c3cccs3)c2c1=O. The molecule has 1 aromatic carbocycles. The molecule has 0 radical (unpaired) electrons. The first-order valence-electron chi connectivity index (χ1n) is 9.42. The minimum atomic E-state index is -0.0625. The summed E-state index contributed by atoms with van der Waals surface area (Å²) in [6, 6.07) is 13.6. The van der Waals surface area contributed by atoms with Crippen LogP contribution < -0.4 is 5.56 Å². The molecule has 6 nitrogen and oxygen atoms in total. The molecule has 0 fully saturated rings. The standard InChI is InChI=1S/C22H16N4O2S3/c1-2-10-26-21(27)18-15(16-9-6-11-29-16)12-30-20(18)23-22(26)31-13-17-24-25-19(28-17)14-7-4-3-5-8-14/h2-9,11-12H,1,10,13H2. The molecule has 0 unspecified atom stereocenters. The summed E-state index contributed by atoms with van der Waals surface area (Å²) in [5.41, 5.74) is 1.74. The Labute approximate surface area is 189 Å². The molecule has 0 aliphatic heterocycles. The van der Waals surface area contributed by atoms with Crippen LogP contribution in [0.1, 0.15) is 5.89 Å². The van der Waals surface area contributed by atoms with Gasteiger partial charge in [0.2, 0.25) is 11.8 Å². The summed E-state index contributed by atoms with van der Waals surface area (Å²) in [5.74, 6) is 1.37. The fourth-order valence-electron chi connectivity index (χ4n) is 3.15. The lowest BCUT2D eigenvalue weighted by atomic mass is 10.2. The van der Waals surface area contributed by atoms with E-state index in [0.29, 0.717) is 34.6 Å². The Bertz CT molecular complexity index is 1400. The molecule has 4 heterocycles. The number of thioether (sulfide) groups is 1. The number of fused-ring (bicyclic) bond motifs is 1. The highest BCUT2D eigenvalue weighted by Crippen LogP contribution is 2.35. The topological polar surface area (TPSA) is 73.8 Å². The van der Waals surface area contributed by atoms with Crippen LogP contribution >= 0.6 is 34.4 Å². The number of hydrogen-bond acceptors (Lipinski definition) is 8. The fraction of sp³-hybridized carbons (Fsp3) is 0.0909. The van der Waals surface area contributed by atoms with Crippen LogP contribution in [-0.2, 0) is 12.3 Å². The van der Waals surface area contributed by atoms with Gasteiger partial charge in [-0.15, -0.1) is 39.4 Å². The molecule has 9 heteroatoms. The normalized spacial score (nSPS) is 11.2. The van der Waals surface area contributed by atoms with Crippen molar-refractivity contribution in [2.45, 2.75) is 17.5 Å². The first kappa shape index (κ1) is 19.9. The molecule has 0 aliphatic carbocycles. The van der Waals surface area contributed by atoms with Crippen LogP contribution in [0, 0.1) is 0 Å². The van der Waals surface area contributed by atoms with Gasteiger partial charge < -0.3 is 4.42 Å². The summed E-state index contributed by atoms with van der Waals surface area (Å²) in [7, 11) is 0. The molecule has 0 saturated heterocycles. The van der Waals surface area contributed by atoms with Gasteiger partial charge in [-0.1, -0.05) is 42.1 Å². The summed E-state index contributed by atoms with van der Waals surface area (Å²) in [6.45, 7) is 4.18. The highest BCUT2D eigenvalue weighted by atomic mass is 32.2. The average molecular weight is 465 g/mol. The number of rotatable bonds is 7. The molecule has 5 aromatic rings. The lowest BCUT2D eigenvalue weighted by Gasteiger charge is -2.09. The predicted octanol–water partition coefficient (Wildman–Crippen LogP) is 5.71. The van der Waals surface area contributed by atoms with E-state index in [1.807, 2.05) is 53.2 Å². The van der Waals surface area contributed by atoms with Crippen LogP contribution in [0.25, 0.3) is 32.1 Å². The van der Waals surface area contributed by atoms with Gasteiger partial charge in [-0.25, -0.2) is 4.98 Å². The third-order valence-corrected chi connectivity index (χ3v) is 7.31. The van der Waals surface area contributed by atoms with Gasteiger partial charge in [-0.05, 0) is 23.6 Å². The van der Waals surface area contributed by atoms with Gasteiger partial charge >= 0.3 is 0 Å². The third-order valence-electron chi connectivity index (χ3n) is 4.57. The first-order valence-corrected chi connectivity index (χ1v) is 12.2. The van der Waals surface area contributed by atoms with Crippen molar-refractivity contribution < 1.29 is 4.42 Å². The molecule has 31 heavy (non-hydrogen) atoms. The number of thiophene rings is 2. The highest BCUT2D eigenvalue weighted by Gasteiger charge is 2.18. The zero-order chi connectivity index (χ0) is 21.2. The van der Waals surface area contributed by atoms with Crippen molar-refractivity contribution in [3.05, 3.63) is 82.1 Å². The summed E-state index contributed by atoms with van der Waals surface area (Å²) in [6.07, 6.45) is 1.70. The maximum absolute atomic E-state index is 13.3. The van der Waals surface area contributed by atoms with E-state index < -0.39 is 0 Å². The van der Waals surface area contributed by atoms with Crippen molar-refractivity contribution in [2.75, 3.05) is 0 Å². The first-order chi connectivity index (χ1) is 15.2. The quantitative estimate of drug-likeness (QED) is 0.174.